The zero-order valence-electron chi connectivity index (χ0n) is 13.9. The van der Waals surface area contributed by atoms with Gasteiger partial charge in [-0.3, -0.25) is 9.69 Å². The second kappa shape index (κ2) is 5.64. The number of carbonyl (C=O) groups excluding carboxylic acids is 2. The predicted octanol–water partition coefficient (Wildman–Crippen LogP) is 3.11. The number of rotatable bonds is 5. The molecule has 3 fully saturated rings. The minimum atomic E-state index is -0.690. The summed E-state index contributed by atoms with van der Waals surface area (Å²) >= 11 is 3.41. The van der Waals surface area contributed by atoms with E-state index in [1.807, 2.05) is 24.3 Å². The fourth-order valence-corrected chi connectivity index (χ4v) is 4.32. The van der Waals surface area contributed by atoms with Crippen LogP contribution in [0.15, 0.2) is 33.3 Å². The van der Waals surface area contributed by atoms with Gasteiger partial charge in [0.25, 0.3) is 5.91 Å². The summed E-state index contributed by atoms with van der Waals surface area (Å²) in [5.74, 6) is 1.11. The van der Waals surface area contributed by atoms with E-state index in [4.69, 9.17) is 4.52 Å². The van der Waals surface area contributed by atoms with Gasteiger partial charge in [-0.15, -0.1) is 0 Å². The number of halogens is 1. The molecule has 1 N–H and O–H groups in total. The SMILES string of the molecule is O=C1NC(C2CC2)(C2CC2)C(=O)N1Cc1nc(-c2cccc(Br)c2)no1. The van der Waals surface area contributed by atoms with Crippen molar-refractivity contribution in [2.24, 2.45) is 11.8 Å². The highest BCUT2D eigenvalue weighted by atomic mass is 79.9. The van der Waals surface area contributed by atoms with Crippen molar-refractivity contribution >= 4 is 27.9 Å². The first kappa shape index (κ1) is 16.0. The molecule has 134 valence electrons. The number of aromatic nitrogens is 2. The van der Waals surface area contributed by atoms with Crippen LogP contribution in [0.25, 0.3) is 11.4 Å². The summed E-state index contributed by atoms with van der Waals surface area (Å²) in [7, 11) is 0. The molecular formula is C18H17BrN4O3. The molecule has 0 spiro atoms. The van der Waals surface area contributed by atoms with Gasteiger partial charge in [-0.1, -0.05) is 33.2 Å². The molecule has 0 atom stereocenters. The van der Waals surface area contributed by atoms with Gasteiger partial charge in [0.05, 0.1) is 0 Å². The van der Waals surface area contributed by atoms with Crippen LogP contribution in [-0.4, -0.2) is 32.5 Å². The molecular weight excluding hydrogens is 400 g/mol. The van der Waals surface area contributed by atoms with E-state index in [0.29, 0.717) is 5.82 Å². The Bertz CT molecular complexity index is 891. The number of carbonyl (C=O) groups is 2. The first-order valence-corrected chi connectivity index (χ1v) is 9.60. The average Bonchev–Trinajstić information content (AvgIpc) is 3.55. The van der Waals surface area contributed by atoms with Crippen molar-refractivity contribution < 1.29 is 14.1 Å². The molecule has 3 amide bonds. The molecule has 1 saturated heterocycles. The van der Waals surface area contributed by atoms with Crippen LogP contribution in [0.3, 0.4) is 0 Å². The normalized spacial score (nSPS) is 22.0. The lowest BCUT2D eigenvalue weighted by molar-refractivity contribution is -0.133. The van der Waals surface area contributed by atoms with E-state index in [9.17, 15) is 9.59 Å². The van der Waals surface area contributed by atoms with Crippen LogP contribution in [0.4, 0.5) is 4.79 Å². The predicted molar refractivity (Wildman–Crippen MR) is 94.7 cm³/mol. The fraction of sp³-hybridized carbons (Fsp3) is 0.444. The molecule has 3 aliphatic rings. The van der Waals surface area contributed by atoms with Crippen molar-refractivity contribution in [1.29, 1.82) is 0 Å². The lowest BCUT2D eigenvalue weighted by Gasteiger charge is -2.26. The van der Waals surface area contributed by atoms with Crippen LogP contribution in [-0.2, 0) is 11.3 Å². The number of nitrogens with one attached hydrogen (secondary N) is 1. The zero-order valence-corrected chi connectivity index (χ0v) is 15.5. The maximum absolute atomic E-state index is 13.1. The molecule has 2 aliphatic carbocycles. The van der Waals surface area contributed by atoms with Gasteiger partial charge in [-0.25, -0.2) is 4.79 Å². The van der Waals surface area contributed by atoms with E-state index in [-0.39, 0.29) is 36.2 Å². The van der Waals surface area contributed by atoms with Crippen LogP contribution < -0.4 is 5.32 Å². The van der Waals surface area contributed by atoms with E-state index in [2.05, 4.69) is 31.4 Å². The molecule has 1 aromatic carbocycles. The van der Waals surface area contributed by atoms with Gasteiger partial charge in [0.1, 0.15) is 12.1 Å². The Morgan fingerprint density at radius 3 is 2.62 bits per heavy atom. The number of hydrogen-bond donors (Lipinski definition) is 1. The molecule has 1 aliphatic heterocycles. The van der Waals surface area contributed by atoms with Crippen LogP contribution >= 0.6 is 15.9 Å². The minimum Gasteiger partial charge on any atom is -0.337 e. The van der Waals surface area contributed by atoms with Crippen molar-refractivity contribution in [3.8, 4) is 11.4 Å². The average molecular weight is 417 g/mol. The van der Waals surface area contributed by atoms with Crippen molar-refractivity contribution in [2.75, 3.05) is 0 Å². The molecule has 2 heterocycles. The lowest BCUT2D eigenvalue weighted by Crippen LogP contribution is -2.51. The first-order valence-electron chi connectivity index (χ1n) is 8.80. The third-order valence-corrected chi connectivity index (χ3v) is 5.94. The standard InChI is InChI=1S/C18H17BrN4O3/c19-13-3-1-2-10(8-13)15-20-14(26-22-15)9-23-16(24)18(11-4-5-11,12-6-7-12)21-17(23)25/h1-3,8,11-12H,4-7,9H2,(H,21,25). The molecule has 8 heteroatoms. The van der Waals surface area contributed by atoms with Gasteiger partial charge in [-0.05, 0) is 49.7 Å². The van der Waals surface area contributed by atoms with Crippen molar-refractivity contribution in [3.05, 3.63) is 34.6 Å². The second-order valence-corrected chi connectivity index (χ2v) is 8.18. The van der Waals surface area contributed by atoms with Gasteiger partial charge in [-0.2, -0.15) is 4.98 Å². The van der Waals surface area contributed by atoms with E-state index in [1.54, 1.807) is 0 Å². The molecule has 1 aromatic heterocycles. The Morgan fingerprint density at radius 2 is 1.96 bits per heavy atom. The molecule has 2 aromatic rings. The highest BCUT2D eigenvalue weighted by Gasteiger charge is 2.65. The molecule has 5 rings (SSSR count). The molecule has 0 radical (unpaired) electrons. The summed E-state index contributed by atoms with van der Waals surface area (Å²) < 4.78 is 6.20. The first-order chi connectivity index (χ1) is 12.6. The topological polar surface area (TPSA) is 88.3 Å². The van der Waals surface area contributed by atoms with Crippen LogP contribution in [0, 0.1) is 11.8 Å². The lowest BCUT2D eigenvalue weighted by atomic mass is 9.87. The Kier molecular flexibility index (Phi) is 3.47. The molecule has 2 saturated carbocycles. The summed E-state index contributed by atoms with van der Waals surface area (Å²) in [5.41, 5.74) is 0.112. The maximum Gasteiger partial charge on any atom is 0.325 e. The third-order valence-electron chi connectivity index (χ3n) is 5.44. The van der Waals surface area contributed by atoms with Crippen LogP contribution in [0.5, 0.6) is 0 Å². The number of hydrogen-bond acceptors (Lipinski definition) is 5. The summed E-state index contributed by atoms with van der Waals surface area (Å²) in [6, 6.07) is 7.20. The molecule has 26 heavy (non-hydrogen) atoms. The Balaban J connectivity index is 1.38. The van der Waals surface area contributed by atoms with E-state index in [0.717, 1.165) is 35.7 Å². The summed E-state index contributed by atoms with van der Waals surface area (Å²) in [4.78, 5) is 31.1. The minimum absolute atomic E-state index is 0.00681. The highest BCUT2D eigenvalue weighted by molar-refractivity contribution is 9.10. The highest BCUT2D eigenvalue weighted by Crippen LogP contribution is 2.54. The Hall–Kier alpha value is -2.22. The zero-order chi connectivity index (χ0) is 17.9. The van der Waals surface area contributed by atoms with Crippen LogP contribution in [0.2, 0.25) is 0 Å². The quantitative estimate of drug-likeness (QED) is 0.756. The summed E-state index contributed by atoms with van der Waals surface area (Å²) in [6.07, 6.45) is 4.02. The van der Waals surface area contributed by atoms with Gasteiger partial charge >= 0.3 is 6.03 Å². The number of amides is 3. The monoisotopic (exact) mass is 416 g/mol. The van der Waals surface area contributed by atoms with Crippen LogP contribution in [0.1, 0.15) is 31.6 Å². The largest absolute Gasteiger partial charge is 0.337 e. The van der Waals surface area contributed by atoms with Crippen molar-refractivity contribution in [3.63, 3.8) is 0 Å². The summed E-state index contributed by atoms with van der Waals surface area (Å²) in [6.45, 7) is 0.00681. The summed E-state index contributed by atoms with van der Waals surface area (Å²) in [5, 5.41) is 6.97. The molecule has 0 unspecified atom stereocenters. The third kappa shape index (κ3) is 2.46. The molecule has 0 bridgehead atoms. The second-order valence-electron chi connectivity index (χ2n) is 7.26. The number of nitrogens with zero attached hydrogens (tertiary/aromatic N) is 3. The number of imide groups is 1. The smallest absolute Gasteiger partial charge is 0.325 e. The molecule has 7 nitrogen and oxygen atoms in total. The Morgan fingerprint density at radius 1 is 1.23 bits per heavy atom. The van der Waals surface area contributed by atoms with Crippen molar-refractivity contribution in [1.82, 2.24) is 20.4 Å². The van der Waals surface area contributed by atoms with Crippen molar-refractivity contribution in [2.45, 2.75) is 37.8 Å². The number of benzene rings is 1. The van der Waals surface area contributed by atoms with Gasteiger partial charge in [0.15, 0.2) is 0 Å². The van der Waals surface area contributed by atoms with E-state index >= 15 is 0 Å². The van der Waals surface area contributed by atoms with E-state index in [1.165, 1.54) is 4.90 Å². The van der Waals surface area contributed by atoms with E-state index < -0.39 is 5.54 Å². The van der Waals surface area contributed by atoms with Gasteiger partial charge < -0.3 is 9.84 Å². The Labute approximate surface area is 158 Å². The van der Waals surface area contributed by atoms with Gasteiger partial charge in [0.2, 0.25) is 11.7 Å². The number of urea groups is 1. The fourth-order valence-electron chi connectivity index (χ4n) is 3.92. The maximum atomic E-state index is 13.1. The van der Waals surface area contributed by atoms with Gasteiger partial charge in [0, 0.05) is 10.0 Å².